The van der Waals surface area contributed by atoms with Crippen LogP contribution in [0.25, 0.3) is 0 Å². The number of hydrogen-bond donors (Lipinski definition) is 2. The van der Waals surface area contributed by atoms with Crippen LogP contribution in [0.4, 0.5) is 4.39 Å². The van der Waals surface area contributed by atoms with Crippen molar-refractivity contribution in [2.24, 2.45) is 11.8 Å². The number of aliphatic hydroxyl groups excluding tert-OH is 1. The molecule has 1 amide bonds. The molecule has 20 heavy (non-hydrogen) atoms. The van der Waals surface area contributed by atoms with E-state index in [1.807, 2.05) is 6.07 Å². The summed E-state index contributed by atoms with van der Waals surface area (Å²) >= 11 is 3.25. The van der Waals surface area contributed by atoms with Gasteiger partial charge in [0, 0.05) is 30.0 Å². The predicted octanol–water partition coefficient (Wildman–Crippen LogP) is 2.66. The Morgan fingerprint density at radius 1 is 1.45 bits per heavy atom. The lowest BCUT2D eigenvalue weighted by molar-refractivity contribution is -0.121. The van der Waals surface area contributed by atoms with Gasteiger partial charge in [0.2, 0.25) is 5.91 Å². The molecule has 0 bridgehead atoms. The van der Waals surface area contributed by atoms with E-state index in [0.29, 0.717) is 29.8 Å². The first-order valence-corrected chi connectivity index (χ1v) is 7.68. The molecule has 0 aromatic heterocycles. The molecule has 0 radical (unpaired) electrons. The van der Waals surface area contributed by atoms with E-state index in [1.54, 1.807) is 0 Å². The number of carbonyl (C=O) groups excluding carboxylic acids is 1. The van der Waals surface area contributed by atoms with Crippen LogP contribution in [0.15, 0.2) is 22.7 Å². The molecule has 3 nitrogen and oxygen atoms in total. The van der Waals surface area contributed by atoms with Crippen molar-refractivity contribution in [3.63, 3.8) is 0 Å². The second kappa shape index (κ2) is 7.18. The molecular formula is C15H19BrFNO2. The van der Waals surface area contributed by atoms with Crippen LogP contribution < -0.4 is 5.32 Å². The number of halogens is 2. The number of benzene rings is 1. The molecule has 0 aliphatic heterocycles. The van der Waals surface area contributed by atoms with E-state index < -0.39 is 0 Å². The first-order chi connectivity index (χ1) is 9.56. The summed E-state index contributed by atoms with van der Waals surface area (Å²) in [6.45, 7) is 0.397. The first-order valence-electron chi connectivity index (χ1n) is 6.89. The molecule has 110 valence electrons. The molecule has 5 heteroatoms. The minimum Gasteiger partial charge on any atom is -0.396 e. The van der Waals surface area contributed by atoms with Gasteiger partial charge in [-0.15, -0.1) is 0 Å². The molecule has 1 aliphatic rings. The zero-order valence-electron chi connectivity index (χ0n) is 11.2. The third-order valence-electron chi connectivity index (χ3n) is 3.46. The van der Waals surface area contributed by atoms with Crippen LogP contribution in [0.2, 0.25) is 0 Å². The molecule has 1 aromatic carbocycles. The summed E-state index contributed by atoms with van der Waals surface area (Å²) in [4.78, 5) is 11.6. The number of rotatable bonds is 7. The quantitative estimate of drug-likeness (QED) is 0.799. The summed E-state index contributed by atoms with van der Waals surface area (Å²) in [6, 6.07) is 4.69. The Labute approximate surface area is 126 Å². The van der Waals surface area contributed by atoms with Crippen LogP contribution in [0.5, 0.6) is 0 Å². The van der Waals surface area contributed by atoms with Gasteiger partial charge in [0.25, 0.3) is 0 Å². The molecule has 2 rings (SSSR count). The van der Waals surface area contributed by atoms with Crippen molar-refractivity contribution in [2.45, 2.75) is 25.7 Å². The zero-order valence-corrected chi connectivity index (χ0v) is 12.8. The van der Waals surface area contributed by atoms with Gasteiger partial charge in [-0.3, -0.25) is 4.79 Å². The highest BCUT2D eigenvalue weighted by Crippen LogP contribution is 2.32. The Morgan fingerprint density at radius 3 is 2.80 bits per heavy atom. The van der Waals surface area contributed by atoms with Gasteiger partial charge in [0.15, 0.2) is 0 Å². The third-order valence-corrected chi connectivity index (χ3v) is 3.92. The molecule has 1 aromatic rings. The molecule has 0 saturated heterocycles. The summed E-state index contributed by atoms with van der Waals surface area (Å²) in [7, 11) is 0. The minimum atomic E-state index is -0.302. The van der Waals surface area contributed by atoms with Crippen LogP contribution in [0, 0.1) is 17.7 Å². The fourth-order valence-corrected chi connectivity index (χ4v) is 2.69. The van der Waals surface area contributed by atoms with E-state index in [2.05, 4.69) is 21.2 Å². The first kappa shape index (κ1) is 15.4. The lowest BCUT2D eigenvalue weighted by Gasteiger charge is -2.15. The highest BCUT2D eigenvalue weighted by atomic mass is 79.9. The summed E-state index contributed by atoms with van der Waals surface area (Å²) in [6.07, 6.45) is 3.42. The standard InChI is InChI=1S/C15H19BrFNO2/c16-13-4-11(5-14(17)7-13)3-12(9-19)8-18-15(20)6-10-1-2-10/h4-5,7,10,12,19H,1-3,6,8-9H2,(H,18,20)/t12-/m1/s1. The monoisotopic (exact) mass is 343 g/mol. The number of nitrogens with one attached hydrogen (secondary N) is 1. The Morgan fingerprint density at radius 2 is 2.20 bits per heavy atom. The SMILES string of the molecule is O=C(CC1CC1)NC[C@H](CO)Cc1cc(F)cc(Br)c1. The van der Waals surface area contributed by atoms with Crippen molar-refractivity contribution in [1.82, 2.24) is 5.32 Å². The van der Waals surface area contributed by atoms with Crippen molar-refractivity contribution < 1.29 is 14.3 Å². The number of carbonyl (C=O) groups is 1. The minimum absolute atomic E-state index is 0.0299. The highest BCUT2D eigenvalue weighted by molar-refractivity contribution is 9.10. The van der Waals surface area contributed by atoms with Gasteiger partial charge in [-0.25, -0.2) is 4.39 Å². The van der Waals surface area contributed by atoms with E-state index >= 15 is 0 Å². The summed E-state index contributed by atoms with van der Waals surface area (Å²) < 4.78 is 14.0. The van der Waals surface area contributed by atoms with Crippen LogP contribution >= 0.6 is 15.9 Å². The largest absolute Gasteiger partial charge is 0.396 e. The maximum Gasteiger partial charge on any atom is 0.220 e. The zero-order chi connectivity index (χ0) is 14.5. The highest BCUT2D eigenvalue weighted by Gasteiger charge is 2.24. The maximum absolute atomic E-state index is 13.3. The average molecular weight is 344 g/mol. The molecule has 1 aliphatic carbocycles. The Hall–Kier alpha value is -0.940. The average Bonchev–Trinajstić information content (AvgIpc) is 3.17. The van der Waals surface area contributed by atoms with Gasteiger partial charge < -0.3 is 10.4 Å². The predicted molar refractivity (Wildman–Crippen MR) is 78.7 cm³/mol. The van der Waals surface area contributed by atoms with Crippen molar-refractivity contribution >= 4 is 21.8 Å². The third kappa shape index (κ3) is 5.21. The van der Waals surface area contributed by atoms with E-state index in [1.165, 1.54) is 12.1 Å². The van der Waals surface area contributed by atoms with Crippen molar-refractivity contribution in [3.8, 4) is 0 Å². The molecule has 0 heterocycles. The second-order valence-electron chi connectivity index (χ2n) is 5.48. The fraction of sp³-hybridized carbons (Fsp3) is 0.533. The number of hydrogen-bond acceptors (Lipinski definition) is 2. The Kier molecular flexibility index (Phi) is 5.54. The lowest BCUT2D eigenvalue weighted by atomic mass is 10.00. The van der Waals surface area contributed by atoms with Crippen LogP contribution in [-0.2, 0) is 11.2 Å². The molecular weight excluding hydrogens is 325 g/mol. The molecule has 0 unspecified atom stereocenters. The molecule has 2 N–H and O–H groups in total. The maximum atomic E-state index is 13.3. The molecule has 1 saturated carbocycles. The van der Waals surface area contributed by atoms with Crippen LogP contribution in [-0.4, -0.2) is 24.2 Å². The smallest absolute Gasteiger partial charge is 0.220 e. The number of amides is 1. The van der Waals surface area contributed by atoms with Gasteiger partial charge in [0.1, 0.15) is 5.82 Å². The summed E-state index contributed by atoms with van der Waals surface area (Å²) in [5.74, 6) is 0.212. The summed E-state index contributed by atoms with van der Waals surface area (Å²) in [5, 5.41) is 12.2. The lowest BCUT2D eigenvalue weighted by Crippen LogP contribution is -2.32. The summed E-state index contributed by atoms with van der Waals surface area (Å²) in [5.41, 5.74) is 0.812. The van der Waals surface area contributed by atoms with E-state index in [4.69, 9.17) is 0 Å². The normalized spacial score (nSPS) is 15.9. The second-order valence-corrected chi connectivity index (χ2v) is 6.40. The van der Waals surface area contributed by atoms with Crippen molar-refractivity contribution in [3.05, 3.63) is 34.1 Å². The van der Waals surface area contributed by atoms with Gasteiger partial charge in [-0.1, -0.05) is 15.9 Å². The van der Waals surface area contributed by atoms with E-state index in [9.17, 15) is 14.3 Å². The molecule has 0 spiro atoms. The van der Waals surface area contributed by atoms with Crippen LogP contribution in [0.3, 0.4) is 0 Å². The molecule has 1 fully saturated rings. The van der Waals surface area contributed by atoms with Gasteiger partial charge in [-0.2, -0.15) is 0 Å². The number of aliphatic hydroxyl groups is 1. The van der Waals surface area contributed by atoms with Crippen molar-refractivity contribution in [1.29, 1.82) is 0 Å². The van der Waals surface area contributed by atoms with E-state index in [-0.39, 0.29) is 24.2 Å². The van der Waals surface area contributed by atoms with Gasteiger partial charge >= 0.3 is 0 Å². The fourth-order valence-electron chi connectivity index (χ4n) is 2.18. The van der Waals surface area contributed by atoms with Gasteiger partial charge in [-0.05, 0) is 48.9 Å². The van der Waals surface area contributed by atoms with Crippen molar-refractivity contribution in [2.75, 3.05) is 13.2 Å². The van der Waals surface area contributed by atoms with E-state index in [0.717, 1.165) is 18.4 Å². The molecule has 1 atom stereocenters. The Balaban J connectivity index is 1.82. The van der Waals surface area contributed by atoms with Gasteiger partial charge in [0.05, 0.1) is 0 Å². The van der Waals surface area contributed by atoms with Crippen LogP contribution in [0.1, 0.15) is 24.8 Å². The topological polar surface area (TPSA) is 49.3 Å². The Bertz CT molecular complexity index is 457.